The Morgan fingerprint density at radius 2 is 1.75 bits per heavy atom. The highest BCUT2D eigenvalue weighted by atomic mass is 127. The van der Waals surface area contributed by atoms with Crippen LogP contribution in [-0.4, -0.2) is 38.5 Å². The highest BCUT2D eigenvalue weighted by Crippen LogP contribution is 2.06. The molecule has 152 valence electrons. The van der Waals surface area contributed by atoms with E-state index in [4.69, 9.17) is 0 Å². The van der Waals surface area contributed by atoms with Gasteiger partial charge in [0.25, 0.3) is 5.91 Å². The predicted octanol–water partition coefficient (Wildman–Crippen LogP) is 3.39. The van der Waals surface area contributed by atoms with E-state index < -0.39 is 0 Å². The molecule has 2 rings (SSSR count). The quantitative estimate of drug-likeness (QED) is 0.300. The summed E-state index contributed by atoms with van der Waals surface area (Å²) in [4.78, 5) is 16.0. The van der Waals surface area contributed by atoms with Gasteiger partial charge in [0.15, 0.2) is 5.96 Å². The number of amides is 1. The van der Waals surface area contributed by atoms with Crippen LogP contribution in [0.5, 0.6) is 0 Å². The minimum Gasteiger partial charge on any atom is -0.356 e. The minimum absolute atomic E-state index is 0. The van der Waals surface area contributed by atoms with Crippen molar-refractivity contribution in [3.05, 3.63) is 71.3 Å². The third kappa shape index (κ3) is 8.29. The second kappa shape index (κ2) is 13.1. The van der Waals surface area contributed by atoms with Crippen molar-refractivity contribution in [1.82, 2.24) is 16.0 Å². The Labute approximate surface area is 185 Å². The van der Waals surface area contributed by atoms with Gasteiger partial charge < -0.3 is 16.0 Å². The van der Waals surface area contributed by atoms with Gasteiger partial charge >= 0.3 is 0 Å². The van der Waals surface area contributed by atoms with Crippen molar-refractivity contribution >= 4 is 35.8 Å². The van der Waals surface area contributed by atoms with Crippen LogP contribution in [0.1, 0.15) is 34.8 Å². The van der Waals surface area contributed by atoms with E-state index in [0.29, 0.717) is 11.6 Å². The van der Waals surface area contributed by atoms with Crippen LogP contribution in [0.3, 0.4) is 0 Å². The number of rotatable bonds is 8. The molecule has 28 heavy (non-hydrogen) atoms. The molecule has 1 amide bonds. The van der Waals surface area contributed by atoms with Crippen LogP contribution in [0, 0.1) is 0 Å². The van der Waals surface area contributed by atoms with Crippen molar-refractivity contribution in [2.75, 3.05) is 20.6 Å². The number of hydrogen-bond donors (Lipinski definition) is 3. The first kappa shape index (κ1) is 23.9. The summed E-state index contributed by atoms with van der Waals surface area (Å²) in [5, 5.41) is 9.44. The second-order valence-electron chi connectivity index (χ2n) is 6.60. The molecule has 2 aromatic rings. The largest absolute Gasteiger partial charge is 0.356 e. The topological polar surface area (TPSA) is 65.5 Å². The molecule has 3 N–H and O–H groups in total. The Kier molecular flexibility index (Phi) is 11.2. The predicted molar refractivity (Wildman–Crippen MR) is 128 cm³/mol. The van der Waals surface area contributed by atoms with Crippen LogP contribution < -0.4 is 16.0 Å². The van der Waals surface area contributed by atoms with Gasteiger partial charge in [0.2, 0.25) is 0 Å². The standard InChI is InChI=1S/C22H30N4O.HI/c1-17(12-13-18-8-5-4-6-9-18)26-22(24-3)25-15-14-19-10-7-11-20(16-19)21(27)23-2;/h4-11,16-17H,12-15H2,1-3H3,(H,23,27)(H2,24,25,26);1H. The van der Waals surface area contributed by atoms with Crippen LogP contribution in [0.25, 0.3) is 0 Å². The number of carbonyl (C=O) groups is 1. The van der Waals surface area contributed by atoms with Gasteiger partial charge in [-0.2, -0.15) is 0 Å². The molecule has 0 saturated carbocycles. The maximum absolute atomic E-state index is 11.7. The third-order valence-corrected chi connectivity index (χ3v) is 4.44. The first-order valence-electron chi connectivity index (χ1n) is 9.44. The highest BCUT2D eigenvalue weighted by Gasteiger charge is 2.07. The molecule has 0 aliphatic carbocycles. The van der Waals surface area contributed by atoms with Crippen molar-refractivity contribution in [3.8, 4) is 0 Å². The molecule has 0 aromatic heterocycles. The third-order valence-electron chi connectivity index (χ3n) is 4.44. The number of aliphatic imine (C=N–C) groups is 1. The van der Waals surface area contributed by atoms with E-state index in [-0.39, 0.29) is 29.9 Å². The number of halogens is 1. The molecule has 0 radical (unpaired) electrons. The first-order chi connectivity index (χ1) is 13.1. The molecule has 0 aliphatic rings. The summed E-state index contributed by atoms with van der Waals surface area (Å²) in [6, 6.07) is 18.5. The summed E-state index contributed by atoms with van der Waals surface area (Å²) in [5.74, 6) is 0.743. The Hall–Kier alpha value is -2.09. The fourth-order valence-corrected chi connectivity index (χ4v) is 2.87. The molecule has 1 unspecified atom stereocenters. The summed E-state index contributed by atoms with van der Waals surface area (Å²) in [7, 11) is 3.43. The fraction of sp³-hybridized carbons (Fsp3) is 0.364. The maximum Gasteiger partial charge on any atom is 0.251 e. The summed E-state index contributed by atoms with van der Waals surface area (Å²) in [6.07, 6.45) is 2.90. The Bertz CT molecular complexity index is 749. The average Bonchev–Trinajstić information content (AvgIpc) is 2.72. The summed E-state index contributed by atoms with van der Waals surface area (Å²) >= 11 is 0. The van der Waals surface area contributed by atoms with E-state index in [1.54, 1.807) is 14.1 Å². The minimum atomic E-state index is -0.0606. The number of benzene rings is 2. The molecular weight excluding hydrogens is 463 g/mol. The lowest BCUT2D eigenvalue weighted by Gasteiger charge is -2.18. The zero-order valence-electron chi connectivity index (χ0n) is 16.9. The van der Waals surface area contributed by atoms with Gasteiger partial charge in [-0.3, -0.25) is 9.79 Å². The van der Waals surface area contributed by atoms with Crippen molar-refractivity contribution in [2.24, 2.45) is 4.99 Å². The monoisotopic (exact) mass is 494 g/mol. The lowest BCUT2D eigenvalue weighted by molar-refractivity contribution is 0.0963. The number of carbonyl (C=O) groups excluding carboxylic acids is 1. The van der Waals surface area contributed by atoms with Crippen LogP contribution in [0.4, 0.5) is 0 Å². The van der Waals surface area contributed by atoms with Crippen LogP contribution >= 0.6 is 24.0 Å². The number of hydrogen-bond acceptors (Lipinski definition) is 2. The van der Waals surface area contributed by atoms with E-state index in [9.17, 15) is 4.79 Å². The second-order valence-corrected chi connectivity index (χ2v) is 6.60. The van der Waals surface area contributed by atoms with E-state index >= 15 is 0 Å². The van der Waals surface area contributed by atoms with Gasteiger partial charge in [0.05, 0.1) is 0 Å². The van der Waals surface area contributed by atoms with Gasteiger partial charge in [-0.1, -0.05) is 42.5 Å². The van der Waals surface area contributed by atoms with Crippen molar-refractivity contribution < 1.29 is 4.79 Å². The first-order valence-corrected chi connectivity index (χ1v) is 9.44. The Balaban J connectivity index is 0.00000392. The number of nitrogens with zero attached hydrogens (tertiary/aromatic N) is 1. The number of guanidine groups is 1. The molecule has 0 fully saturated rings. The Morgan fingerprint density at radius 1 is 1.04 bits per heavy atom. The molecule has 0 spiro atoms. The average molecular weight is 494 g/mol. The van der Waals surface area contributed by atoms with Crippen molar-refractivity contribution in [3.63, 3.8) is 0 Å². The van der Waals surface area contributed by atoms with Gasteiger partial charge in [0.1, 0.15) is 0 Å². The normalized spacial score (nSPS) is 11.9. The smallest absolute Gasteiger partial charge is 0.251 e. The van der Waals surface area contributed by atoms with E-state index in [0.717, 1.165) is 37.3 Å². The zero-order valence-corrected chi connectivity index (χ0v) is 19.2. The molecule has 0 saturated heterocycles. The molecule has 1 atom stereocenters. The molecule has 0 bridgehead atoms. The van der Waals surface area contributed by atoms with Crippen LogP contribution in [-0.2, 0) is 12.8 Å². The summed E-state index contributed by atoms with van der Waals surface area (Å²) in [5.41, 5.74) is 3.16. The summed E-state index contributed by atoms with van der Waals surface area (Å²) < 4.78 is 0. The zero-order chi connectivity index (χ0) is 19.5. The highest BCUT2D eigenvalue weighted by molar-refractivity contribution is 14.0. The number of aryl methyl sites for hydroxylation is 1. The van der Waals surface area contributed by atoms with Gasteiger partial charge in [-0.15, -0.1) is 24.0 Å². The molecule has 0 heterocycles. The Morgan fingerprint density at radius 3 is 2.43 bits per heavy atom. The molecule has 6 heteroatoms. The molecule has 0 aliphatic heterocycles. The van der Waals surface area contributed by atoms with Gasteiger partial charge in [0, 0.05) is 32.2 Å². The summed E-state index contributed by atoms with van der Waals surface area (Å²) in [6.45, 7) is 2.92. The van der Waals surface area contributed by atoms with Crippen LogP contribution in [0.2, 0.25) is 0 Å². The van der Waals surface area contributed by atoms with Crippen molar-refractivity contribution in [1.29, 1.82) is 0 Å². The van der Waals surface area contributed by atoms with E-state index in [1.165, 1.54) is 5.56 Å². The molecular formula is C22H31IN4O. The fourth-order valence-electron chi connectivity index (χ4n) is 2.87. The lowest BCUT2D eigenvalue weighted by atomic mass is 10.1. The van der Waals surface area contributed by atoms with E-state index in [1.807, 2.05) is 30.3 Å². The molecule has 5 nitrogen and oxygen atoms in total. The van der Waals surface area contributed by atoms with Gasteiger partial charge in [-0.25, -0.2) is 0 Å². The van der Waals surface area contributed by atoms with E-state index in [2.05, 4.69) is 52.1 Å². The van der Waals surface area contributed by atoms with Crippen LogP contribution in [0.15, 0.2) is 59.6 Å². The number of nitrogens with one attached hydrogen (secondary N) is 3. The maximum atomic E-state index is 11.7. The SMILES string of the molecule is CN=C(NCCc1cccc(C(=O)NC)c1)NC(C)CCc1ccccc1.I. The molecule has 2 aromatic carbocycles. The van der Waals surface area contributed by atoms with Crippen molar-refractivity contribution in [2.45, 2.75) is 32.2 Å². The lowest BCUT2D eigenvalue weighted by Crippen LogP contribution is -2.43. The van der Waals surface area contributed by atoms with Gasteiger partial charge in [-0.05, 0) is 49.4 Å².